The third kappa shape index (κ3) is 3.76. The van der Waals surface area contributed by atoms with E-state index >= 15 is 0 Å². The van der Waals surface area contributed by atoms with Crippen LogP contribution in [0.1, 0.15) is 36.9 Å². The summed E-state index contributed by atoms with van der Waals surface area (Å²) in [4.78, 5) is 19.3. The van der Waals surface area contributed by atoms with E-state index in [0.717, 1.165) is 63.6 Å². The van der Waals surface area contributed by atoms with Gasteiger partial charge in [-0.05, 0) is 57.2 Å². The molecular formula is C22H29N5O. The fourth-order valence-corrected chi connectivity index (χ4v) is 4.74. The van der Waals surface area contributed by atoms with Crippen LogP contribution in [0.3, 0.4) is 0 Å². The van der Waals surface area contributed by atoms with Crippen molar-refractivity contribution in [2.24, 2.45) is 0 Å². The Morgan fingerprint density at radius 1 is 1.04 bits per heavy atom. The van der Waals surface area contributed by atoms with Crippen molar-refractivity contribution in [3.05, 3.63) is 35.8 Å². The molecule has 2 aromatic rings. The van der Waals surface area contributed by atoms with E-state index in [-0.39, 0.29) is 0 Å². The molecule has 1 aliphatic carbocycles. The monoisotopic (exact) mass is 379 g/mol. The van der Waals surface area contributed by atoms with Gasteiger partial charge in [-0.1, -0.05) is 0 Å². The summed E-state index contributed by atoms with van der Waals surface area (Å²) in [6.45, 7) is 6.35. The van der Waals surface area contributed by atoms with E-state index in [1.165, 1.54) is 42.8 Å². The van der Waals surface area contributed by atoms with Gasteiger partial charge in [0, 0.05) is 62.0 Å². The molecule has 0 spiro atoms. The highest BCUT2D eigenvalue weighted by atomic mass is 16.5. The third-order valence-corrected chi connectivity index (χ3v) is 6.20. The second-order valence-corrected chi connectivity index (χ2v) is 8.17. The van der Waals surface area contributed by atoms with Crippen molar-refractivity contribution in [3.8, 4) is 11.4 Å². The van der Waals surface area contributed by atoms with Crippen LogP contribution in [0.15, 0.2) is 24.5 Å². The summed E-state index contributed by atoms with van der Waals surface area (Å²) in [6.07, 6.45) is 11.1. The number of rotatable bonds is 4. The van der Waals surface area contributed by atoms with E-state index in [2.05, 4.69) is 20.9 Å². The zero-order chi connectivity index (χ0) is 18.8. The first-order chi connectivity index (χ1) is 13.9. The number of pyridine rings is 1. The number of aryl methyl sites for hydroxylation is 1. The lowest BCUT2D eigenvalue weighted by molar-refractivity contribution is 0.0754. The lowest BCUT2D eigenvalue weighted by Crippen LogP contribution is -2.36. The van der Waals surface area contributed by atoms with E-state index in [1.807, 2.05) is 12.3 Å². The quantitative estimate of drug-likeness (QED) is 0.814. The average Bonchev–Trinajstić information content (AvgIpc) is 3.36. The lowest BCUT2D eigenvalue weighted by Gasteiger charge is -2.26. The first kappa shape index (κ1) is 18.0. The highest BCUT2D eigenvalue weighted by Gasteiger charge is 2.26. The van der Waals surface area contributed by atoms with Crippen molar-refractivity contribution < 1.29 is 4.74 Å². The maximum absolute atomic E-state index is 5.85. The Hall–Kier alpha value is -2.05. The molecule has 2 fully saturated rings. The van der Waals surface area contributed by atoms with Crippen molar-refractivity contribution in [1.29, 1.82) is 0 Å². The largest absolute Gasteiger partial charge is 0.377 e. The molecule has 0 bridgehead atoms. The molecule has 0 saturated carbocycles. The van der Waals surface area contributed by atoms with Gasteiger partial charge in [0.05, 0.1) is 6.10 Å². The smallest absolute Gasteiger partial charge is 0.163 e. The Kier molecular flexibility index (Phi) is 5.23. The van der Waals surface area contributed by atoms with Crippen LogP contribution in [-0.2, 0) is 17.6 Å². The molecule has 6 nitrogen and oxygen atoms in total. The van der Waals surface area contributed by atoms with E-state index < -0.39 is 0 Å². The van der Waals surface area contributed by atoms with Gasteiger partial charge in [-0.15, -0.1) is 0 Å². The fourth-order valence-electron chi connectivity index (χ4n) is 4.74. The first-order valence-electron chi connectivity index (χ1n) is 10.8. The number of ether oxygens (including phenoxy) is 1. The summed E-state index contributed by atoms with van der Waals surface area (Å²) in [7, 11) is 0. The third-order valence-electron chi connectivity index (χ3n) is 6.20. The molecule has 4 heterocycles. The van der Waals surface area contributed by atoms with Gasteiger partial charge in [-0.3, -0.25) is 9.88 Å². The van der Waals surface area contributed by atoms with Crippen LogP contribution in [0, 0.1) is 0 Å². The molecule has 3 aliphatic rings. The maximum Gasteiger partial charge on any atom is 0.163 e. The molecule has 1 atom stereocenters. The lowest BCUT2D eigenvalue weighted by atomic mass is 10.2. The van der Waals surface area contributed by atoms with Crippen molar-refractivity contribution in [2.75, 3.05) is 44.2 Å². The summed E-state index contributed by atoms with van der Waals surface area (Å²) in [5.74, 6) is 1.99. The summed E-state index contributed by atoms with van der Waals surface area (Å²) >= 11 is 0. The molecule has 1 unspecified atom stereocenters. The van der Waals surface area contributed by atoms with Crippen LogP contribution in [0.2, 0.25) is 0 Å². The zero-order valence-corrected chi connectivity index (χ0v) is 16.5. The Bertz CT molecular complexity index is 806. The zero-order valence-electron chi connectivity index (χ0n) is 16.5. The van der Waals surface area contributed by atoms with Crippen LogP contribution >= 0.6 is 0 Å². The molecule has 0 amide bonds. The Morgan fingerprint density at radius 3 is 2.89 bits per heavy atom. The SMILES string of the molecule is c1cncc(-c2nc3c(c(N4CCCN(CC5CCCO5)CC4)n2)CCC3)c1. The number of aromatic nitrogens is 3. The first-order valence-corrected chi connectivity index (χ1v) is 10.8. The summed E-state index contributed by atoms with van der Waals surface area (Å²) < 4.78 is 5.85. The van der Waals surface area contributed by atoms with Gasteiger partial charge in [0.25, 0.3) is 0 Å². The predicted molar refractivity (Wildman–Crippen MR) is 110 cm³/mol. The molecule has 0 N–H and O–H groups in total. The fraction of sp³-hybridized carbons (Fsp3) is 0.591. The maximum atomic E-state index is 5.85. The topological polar surface area (TPSA) is 54.4 Å². The highest BCUT2D eigenvalue weighted by Crippen LogP contribution is 2.31. The Labute approximate surface area is 167 Å². The van der Waals surface area contributed by atoms with Crippen LogP contribution in [-0.4, -0.2) is 65.3 Å². The molecule has 6 heteroatoms. The van der Waals surface area contributed by atoms with Gasteiger partial charge in [-0.2, -0.15) is 0 Å². The van der Waals surface area contributed by atoms with Crippen molar-refractivity contribution in [1.82, 2.24) is 19.9 Å². The van der Waals surface area contributed by atoms with Crippen molar-refractivity contribution in [2.45, 2.75) is 44.6 Å². The van der Waals surface area contributed by atoms with Crippen molar-refractivity contribution in [3.63, 3.8) is 0 Å². The van der Waals surface area contributed by atoms with Gasteiger partial charge in [0.2, 0.25) is 0 Å². The molecule has 5 rings (SSSR count). The van der Waals surface area contributed by atoms with Gasteiger partial charge in [0.15, 0.2) is 5.82 Å². The van der Waals surface area contributed by atoms with Gasteiger partial charge in [-0.25, -0.2) is 9.97 Å². The summed E-state index contributed by atoms with van der Waals surface area (Å²) in [5.41, 5.74) is 3.62. The molecule has 2 saturated heterocycles. The average molecular weight is 380 g/mol. The highest BCUT2D eigenvalue weighted by molar-refractivity contribution is 5.60. The Morgan fingerprint density at radius 2 is 2.04 bits per heavy atom. The van der Waals surface area contributed by atoms with E-state index in [9.17, 15) is 0 Å². The molecule has 2 aliphatic heterocycles. The van der Waals surface area contributed by atoms with E-state index in [4.69, 9.17) is 14.7 Å². The second kappa shape index (κ2) is 8.13. The van der Waals surface area contributed by atoms with Crippen LogP contribution in [0.5, 0.6) is 0 Å². The minimum absolute atomic E-state index is 0.437. The minimum Gasteiger partial charge on any atom is -0.377 e. The summed E-state index contributed by atoms with van der Waals surface area (Å²) in [6, 6.07) is 4.01. The number of hydrogen-bond donors (Lipinski definition) is 0. The number of anilines is 1. The molecule has 148 valence electrons. The van der Waals surface area contributed by atoms with Crippen LogP contribution in [0.25, 0.3) is 11.4 Å². The number of fused-ring (bicyclic) bond motifs is 1. The van der Waals surface area contributed by atoms with E-state index in [0.29, 0.717) is 6.10 Å². The predicted octanol–water partition coefficient (Wildman–Crippen LogP) is 2.72. The van der Waals surface area contributed by atoms with Crippen LogP contribution in [0.4, 0.5) is 5.82 Å². The standard InChI is InChI=1S/C22H29N5O/c1-7-19-20(8-1)24-21(17-5-2-9-23-15-17)25-22(19)27-11-4-10-26(12-13-27)16-18-6-3-14-28-18/h2,5,9,15,18H,1,3-4,6-8,10-14,16H2. The van der Waals surface area contributed by atoms with Gasteiger partial charge < -0.3 is 9.64 Å². The molecule has 28 heavy (non-hydrogen) atoms. The van der Waals surface area contributed by atoms with Crippen LogP contribution < -0.4 is 4.90 Å². The molecule has 0 aromatic carbocycles. The minimum atomic E-state index is 0.437. The number of nitrogens with zero attached hydrogens (tertiary/aromatic N) is 5. The van der Waals surface area contributed by atoms with Gasteiger partial charge >= 0.3 is 0 Å². The number of hydrogen-bond acceptors (Lipinski definition) is 6. The summed E-state index contributed by atoms with van der Waals surface area (Å²) in [5, 5.41) is 0. The molecular weight excluding hydrogens is 350 g/mol. The molecule has 2 aromatic heterocycles. The Balaban J connectivity index is 1.37. The normalized spacial score (nSPS) is 23.0. The second-order valence-electron chi connectivity index (χ2n) is 8.17. The van der Waals surface area contributed by atoms with E-state index in [1.54, 1.807) is 6.20 Å². The van der Waals surface area contributed by atoms with Gasteiger partial charge in [0.1, 0.15) is 5.82 Å². The molecule has 0 radical (unpaired) electrons. The van der Waals surface area contributed by atoms with Crippen molar-refractivity contribution >= 4 is 5.82 Å².